The first-order chi connectivity index (χ1) is 10.5. The van der Waals surface area contributed by atoms with Gasteiger partial charge in [0.05, 0.1) is 12.7 Å². The predicted molar refractivity (Wildman–Crippen MR) is 80.2 cm³/mol. The Hall–Kier alpha value is -0.990. The highest BCUT2D eigenvalue weighted by molar-refractivity contribution is 7.84. The van der Waals surface area contributed by atoms with Gasteiger partial charge in [0.1, 0.15) is 6.10 Å². The zero-order valence-corrected chi connectivity index (χ0v) is 13.1. The lowest BCUT2D eigenvalue weighted by Crippen LogP contribution is -2.32. The molecule has 0 aromatic heterocycles. The summed E-state index contributed by atoms with van der Waals surface area (Å²) in [5.41, 5.74) is 1.12. The molecule has 2 N–H and O–H groups in total. The van der Waals surface area contributed by atoms with Crippen LogP contribution in [-0.4, -0.2) is 33.0 Å². The lowest BCUT2D eigenvalue weighted by molar-refractivity contribution is -0.170. The number of benzene rings is 1. The summed E-state index contributed by atoms with van der Waals surface area (Å²) in [7, 11) is -3.98. The molecule has 2 aliphatic rings. The van der Waals surface area contributed by atoms with E-state index in [1.807, 2.05) is 30.3 Å². The molecule has 0 radical (unpaired) electrons. The molecular weight excluding hydrogens is 306 g/mol. The lowest BCUT2D eigenvalue weighted by atomic mass is 10.0. The van der Waals surface area contributed by atoms with Crippen molar-refractivity contribution in [1.82, 2.24) is 0 Å². The molecule has 2 atom stereocenters. The Morgan fingerprint density at radius 2 is 1.77 bits per heavy atom. The maximum Gasteiger partial charge on any atom is 0.333 e. The molecule has 1 aromatic rings. The van der Waals surface area contributed by atoms with Gasteiger partial charge in [0.2, 0.25) is 0 Å². The SMILES string of the molecule is NS(=O)(=O)OC[C@@H]1OC2(CCCC2)O[C@H]1Cc1ccccc1. The molecule has 2 fully saturated rings. The van der Waals surface area contributed by atoms with Crippen LogP contribution in [0.5, 0.6) is 0 Å². The van der Waals surface area contributed by atoms with E-state index in [9.17, 15) is 8.42 Å². The Morgan fingerprint density at radius 3 is 2.41 bits per heavy atom. The molecule has 1 saturated heterocycles. The van der Waals surface area contributed by atoms with Crippen molar-refractivity contribution in [1.29, 1.82) is 0 Å². The fourth-order valence-corrected chi connectivity index (χ4v) is 3.53. The third kappa shape index (κ3) is 3.85. The zero-order valence-electron chi connectivity index (χ0n) is 12.3. The minimum absolute atomic E-state index is 0.113. The summed E-state index contributed by atoms with van der Waals surface area (Å²) in [6, 6.07) is 9.91. The van der Waals surface area contributed by atoms with Crippen LogP contribution >= 0.6 is 0 Å². The smallest absolute Gasteiger partial charge is 0.333 e. The Bertz CT molecular complexity index is 598. The molecule has 0 bridgehead atoms. The molecule has 7 heteroatoms. The molecule has 0 unspecified atom stereocenters. The first kappa shape index (κ1) is 15.9. The first-order valence-corrected chi connectivity index (χ1v) is 9.00. The van der Waals surface area contributed by atoms with Crippen molar-refractivity contribution >= 4 is 10.3 Å². The summed E-state index contributed by atoms with van der Waals surface area (Å²) < 4.78 is 39.0. The fourth-order valence-electron chi connectivity index (χ4n) is 3.20. The van der Waals surface area contributed by atoms with Gasteiger partial charge < -0.3 is 9.47 Å². The van der Waals surface area contributed by atoms with Gasteiger partial charge in [-0.2, -0.15) is 8.42 Å². The average Bonchev–Trinajstić information content (AvgIpc) is 3.05. The fraction of sp³-hybridized carbons (Fsp3) is 0.600. The molecule has 1 aliphatic carbocycles. The second kappa shape index (κ2) is 6.25. The maximum atomic E-state index is 11.0. The Morgan fingerprint density at radius 1 is 1.14 bits per heavy atom. The normalized spacial score (nSPS) is 27.5. The van der Waals surface area contributed by atoms with Crippen molar-refractivity contribution in [2.75, 3.05) is 6.61 Å². The maximum absolute atomic E-state index is 11.0. The van der Waals surface area contributed by atoms with Gasteiger partial charge in [-0.1, -0.05) is 30.3 Å². The van der Waals surface area contributed by atoms with E-state index in [0.717, 1.165) is 31.2 Å². The van der Waals surface area contributed by atoms with Crippen LogP contribution in [0.4, 0.5) is 0 Å². The number of ether oxygens (including phenoxy) is 2. The van der Waals surface area contributed by atoms with Crippen LogP contribution in [0, 0.1) is 0 Å². The molecule has 1 saturated carbocycles. The van der Waals surface area contributed by atoms with Crippen LogP contribution < -0.4 is 5.14 Å². The second-order valence-electron chi connectivity index (χ2n) is 5.90. The van der Waals surface area contributed by atoms with Crippen LogP contribution in [0.3, 0.4) is 0 Å². The van der Waals surface area contributed by atoms with Crippen molar-refractivity contribution in [3.05, 3.63) is 35.9 Å². The first-order valence-electron chi connectivity index (χ1n) is 7.53. The monoisotopic (exact) mass is 327 g/mol. The summed E-state index contributed by atoms with van der Waals surface area (Å²) in [6.45, 7) is -0.113. The molecular formula is C15H21NO5S. The van der Waals surface area contributed by atoms with Crippen LogP contribution in [0.25, 0.3) is 0 Å². The molecule has 6 nitrogen and oxygen atoms in total. The minimum Gasteiger partial charge on any atom is -0.344 e. The molecule has 1 aliphatic heterocycles. The van der Waals surface area contributed by atoms with E-state index in [1.165, 1.54) is 0 Å². The number of rotatable bonds is 5. The standard InChI is InChI=1S/C15H21NO5S/c16-22(17,18)19-11-14-13(10-12-6-2-1-3-7-12)20-15(21-14)8-4-5-9-15/h1-3,6-7,13-14H,4-5,8-11H2,(H2,16,17,18)/t13-,14-/m0/s1. The van der Waals surface area contributed by atoms with Crippen LogP contribution in [0.1, 0.15) is 31.2 Å². The van der Waals surface area contributed by atoms with Crippen molar-refractivity contribution in [3.63, 3.8) is 0 Å². The highest BCUT2D eigenvalue weighted by Crippen LogP contribution is 2.42. The Kier molecular flexibility index (Phi) is 4.52. The van der Waals surface area contributed by atoms with Gasteiger partial charge in [-0.15, -0.1) is 0 Å². The third-order valence-corrected chi connectivity index (χ3v) is 4.65. The van der Waals surface area contributed by atoms with E-state index in [0.29, 0.717) is 6.42 Å². The van der Waals surface area contributed by atoms with Crippen LogP contribution in [0.15, 0.2) is 30.3 Å². The van der Waals surface area contributed by atoms with Gasteiger partial charge in [0, 0.05) is 19.3 Å². The van der Waals surface area contributed by atoms with Crippen molar-refractivity contribution < 1.29 is 22.1 Å². The molecule has 1 heterocycles. The molecule has 0 amide bonds. The van der Waals surface area contributed by atoms with Crippen molar-refractivity contribution in [2.24, 2.45) is 5.14 Å². The van der Waals surface area contributed by atoms with Crippen LogP contribution in [-0.2, 0) is 30.4 Å². The van der Waals surface area contributed by atoms with Gasteiger partial charge in [-0.3, -0.25) is 4.18 Å². The molecule has 22 heavy (non-hydrogen) atoms. The van der Waals surface area contributed by atoms with E-state index in [1.54, 1.807) is 0 Å². The number of hydrogen-bond donors (Lipinski definition) is 1. The van der Waals surface area contributed by atoms with E-state index < -0.39 is 22.2 Å². The van der Waals surface area contributed by atoms with Crippen molar-refractivity contribution in [2.45, 2.75) is 50.1 Å². The largest absolute Gasteiger partial charge is 0.344 e. The Labute approximate surface area is 130 Å². The number of nitrogens with two attached hydrogens (primary N) is 1. The summed E-state index contributed by atoms with van der Waals surface area (Å²) in [4.78, 5) is 0. The molecule has 3 rings (SSSR count). The van der Waals surface area contributed by atoms with Gasteiger partial charge in [-0.25, -0.2) is 5.14 Å². The van der Waals surface area contributed by atoms with Crippen molar-refractivity contribution in [3.8, 4) is 0 Å². The summed E-state index contributed by atoms with van der Waals surface area (Å²) in [6.07, 6.45) is 3.77. The highest BCUT2D eigenvalue weighted by Gasteiger charge is 2.49. The van der Waals surface area contributed by atoms with Gasteiger partial charge >= 0.3 is 10.3 Å². The van der Waals surface area contributed by atoms with E-state index in [-0.39, 0.29) is 12.7 Å². The molecule has 1 spiro atoms. The summed E-state index contributed by atoms with van der Waals surface area (Å²) in [5.74, 6) is -0.578. The van der Waals surface area contributed by atoms with Gasteiger partial charge in [-0.05, 0) is 18.4 Å². The second-order valence-corrected chi connectivity index (χ2v) is 7.12. The average molecular weight is 327 g/mol. The topological polar surface area (TPSA) is 87.9 Å². The lowest BCUT2D eigenvalue weighted by Gasteiger charge is -2.22. The summed E-state index contributed by atoms with van der Waals surface area (Å²) >= 11 is 0. The van der Waals surface area contributed by atoms with Crippen LogP contribution in [0.2, 0.25) is 0 Å². The van der Waals surface area contributed by atoms with E-state index in [2.05, 4.69) is 0 Å². The highest BCUT2D eigenvalue weighted by atomic mass is 32.2. The minimum atomic E-state index is -3.98. The van der Waals surface area contributed by atoms with Gasteiger partial charge in [0.25, 0.3) is 0 Å². The molecule has 1 aromatic carbocycles. The van der Waals surface area contributed by atoms with E-state index >= 15 is 0 Å². The number of hydrogen-bond acceptors (Lipinski definition) is 5. The Balaban J connectivity index is 1.71. The predicted octanol–water partition coefficient (Wildman–Crippen LogP) is 1.50. The quantitative estimate of drug-likeness (QED) is 0.885. The third-order valence-electron chi connectivity index (χ3n) is 4.19. The van der Waals surface area contributed by atoms with Gasteiger partial charge in [0.15, 0.2) is 5.79 Å². The summed E-state index contributed by atoms with van der Waals surface area (Å²) in [5, 5.41) is 4.91. The van der Waals surface area contributed by atoms with E-state index in [4.69, 9.17) is 18.8 Å². The zero-order chi connectivity index (χ0) is 15.6. The molecule has 122 valence electrons.